The van der Waals surface area contributed by atoms with E-state index < -0.39 is 0 Å². The van der Waals surface area contributed by atoms with E-state index in [4.69, 9.17) is 9.72 Å². The minimum atomic E-state index is 0.0955. The van der Waals surface area contributed by atoms with Gasteiger partial charge in [0.15, 0.2) is 0 Å². The molecule has 4 heteroatoms. The Morgan fingerprint density at radius 3 is 2.77 bits per heavy atom. The molecule has 0 radical (unpaired) electrons. The molecule has 5 rings (SSSR count). The first-order chi connectivity index (χ1) is 15.2. The van der Waals surface area contributed by atoms with Crippen molar-refractivity contribution >= 4 is 0 Å². The number of aromatic nitrogens is 1. The standard InChI is InChI=1S/C27H37N3O/c1-30-18-11-22-8-2-3-9-23(22)24(30)20-28-17-14-26(25-10-4-7-16-29-25)15-19-31-27(21-26)12-5-6-13-27/h2-4,7-10,16,24,28H,5-6,11-15,17-21H2,1H3. The van der Waals surface area contributed by atoms with E-state index in [0.717, 1.165) is 51.9 Å². The van der Waals surface area contributed by atoms with Gasteiger partial charge in [0.1, 0.15) is 0 Å². The number of hydrogen-bond acceptors (Lipinski definition) is 4. The van der Waals surface area contributed by atoms with Crippen LogP contribution in [0.5, 0.6) is 0 Å². The van der Waals surface area contributed by atoms with Crippen LogP contribution in [0, 0.1) is 0 Å². The molecule has 1 aromatic carbocycles. The molecule has 1 N–H and O–H groups in total. The summed E-state index contributed by atoms with van der Waals surface area (Å²) in [6.45, 7) is 4.04. The molecular weight excluding hydrogens is 382 g/mol. The second-order valence-corrected chi connectivity index (χ2v) is 10.1. The summed E-state index contributed by atoms with van der Waals surface area (Å²) in [6, 6.07) is 15.9. The lowest BCUT2D eigenvalue weighted by atomic mass is 9.68. The summed E-state index contributed by atoms with van der Waals surface area (Å²) in [6.07, 6.45) is 11.5. The Balaban J connectivity index is 1.28. The molecule has 1 aliphatic carbocycles. The van der Waals surface area contributed by atoms with E-state index in [1.54, 1.807) is 0 Å². The predicted molar refractivity (Wildman–Crippen MR) is 125 cm³/mol. The molecule has 2 aliphatic heterocycles. The average Bonchev–Trinajstić information content (AvgIpc) is 3.25. The molecule has 31 heavy (non-hydrogen) atoms. The van der Waals surface area contributed by atoms with Crippen molar-refractivity contribution in [2.45, 2.75) is 68.4 Å². The summed E-state index contributed by atoms with van der Waals surface area (Å²) in [7, 11) is 2.26. The summed E-state index contributed by atoms with van der Waals surface area (Å²) in [5.41, 5.74) is 4.52. The Morgan fingerprint density at radius 2 is 1.94 bits per heavy atom. The summed E-state index contributed by atoms with van der Waals surface area (Å²) in [5.74, 6) is 0. The third kappa shape index (κ3) is 4.30. The number of rotatable bonds is 6. The maximum atomic E-state index is 6.40. The van der Waals surface area contributed by atoms with Crippen LogP contribution in [-0.4, -0.2) is 48.8 Å². The molecule has 2 unspecified atom stereocenters. The highest BCUT2D eigenvalue weighted by atomic mass is 16.5. The van der Waals surface area contributed by atoms with Gasteiger partial charge in [0.25, 0.3) is 0 Å². The zero-order valence-corrected chi connectivity index (χ0v) is 19.0. The zero-order valence-electron chi connectivity index (χ0n) is 19.0. The molecule has 3 heterocycles. The van der Waals surface area contributed by atoms with Crippen LogP contribution >= 0.6 is 0 Å². The molecule has 0 amide bonds. The molecule has 2 atom stereocenters. The van der Waals surface area contributed by atoms with Crippen LogP contribution in [-0.2, 0) is 16.6 Å². The quantitative estimate of drug-likeness (QED) is 0.692. The number of benzene rings is 1. The second-order valence-electron chi connectivity index (χ2n) is 10.1. The normalized spacial score (nSPS) is 28.0. The van der Waals surface area contributed by atoms with Crippen LogP contribution < -0.4 is 5.32 Å². The van der Waals surface area contributed by atoms with Crippen molar-refractivity contribution in [2.24, 2.45) is 0 Å². The van der Waals surface area contributed by atoms with E-state index in [2.05, 4.69) is 53.7 Å². The Kier molecular flexibility index (Phi) is 6.14. The minimum absolute atomic E-state index is 0.0955. The van der Waals surface area contributed by atoms with Gasteiger partial charge in [-0.25, -0.2) is 0 Å². The molecule has 1 saturated carbocycles. The van der Waals surface area contributed by atoms with Gasteiger partial charge in [-0.05, 0) is 75.4 Å². The maximum absolute atomic E-state index is 6.40. The van der Waals surface area contributed by atoms with Gasteiger partial charge in [-0.15, -0.1) is 0 Å². The van der Waals surface area contributed by atoms with Gasteiger partial charge >= 0.3 is 0 Å². The van der Waals surface area contributed by atoms with Crippen molar-refractivity contribution < 1.29 is 4.74 Å². The van der Waals surface area contributed by atoms with Crippen molar-refractivity contribution in [3.8, 4) is 0 Å². The number of ether oxygens (including phenoxy) is 1. The van der Waals surface area contributed by atoms with E-state index in [9.17, 15) is 0 Å². The molecule has 3 aliphatic rings. The highest BCUT2D eigenvalue weighted by Crippen LogP contribution is 2.49. The first kappa shape index (κ1) is 21.1. The SMILES string of the molecule is CN1CCc2ccccc2C1CNCCC1(c2ccccn2)CCOC2(CCCC2)C1. The summed E-state index contributed by atoms with van der Waals surface area (Å²) in [5, 5.41) is 3.84. The molecule has 2 fully saturated rings. The van der Waals surface area contributed by atoms with Crippen LogP contribution in [0.1, 0.15) is 67.8 Å². The van der Waals surface area contributed by atoms with Gasteiger partial charge < -0.3 is 10.1 Å². The van der Waals surface area contributed by atoms with E-state index in [1.807, 2.05) is 12.3 Å². The molecular formula is C27H37N3O. The molecule has 166 valence electrons. The molecule has 4 nitrogen and oxygen atoms in total. The zero-order chi connectivity index (χ0) is 21.2. The number of nitrogens with one attached hydrogen (secondary N) is 1. The first-order valence-corrected chi connectivity index (χ1v) is 12.2. The van der Waals surface area contributed by atoms with Crippen molar-refractivity contribution in [3.63, 3.8) is 0 Å². The number of hydrogen-bond donors (Lipinski definition) is 1. The van der Waals surface area contributed by atoms with Crippen LogP contribution in [0.3, 0.4) is 0 Å². The van der Waals surface area contributed by atoms with Crippen molar-refractivity contribution in [1.29, 1.82) is 0 Å². The summed E-state index contributed by atoms with van der Waals surface area (Å²) in [4.78, 5) is 7.35. The number of fused-ring (bicyclic) bond motifs is 1. The smallest absolute Gasteiger partial charge is 0.0691 e. The fourth-order valence-electron chi connectivity index (χ4n) is 6.41. The Hall–Kier alpha value is -1.75. The van der Waals surface area contributed by atoms with E-state index in [-0.39, 0.29) is 11.0 Å². The predicted octanol–water partition coefficient (Wildman–Crippen LogP) is 4.65. The second kappa shape index (κ2) is 9.01. The highest BCUT2D eigenvalue weighted by molar-refractivity contribution is 5.32. The average molecular weight is 420 g/mol. The highest BCUT2D eigenvalue weighted by Gasteiger charge is 2.48. The third-order valence-corrected chi connectivity index (χ3v) is 8.17. The maximum Gasteiger partial charge on any atom is 0.0691 e. The monoisotopic (exact) mass is 419 g/mol. The number of nitrogens with zero attached hydrogens (tertiary/aromatic N) is 2. The van der Waals surface area contributed by atoms with Crippen LogP contribution in [0.2, 0.25) is 0 Å². The van der Waals surface area contributed by atoms with Crippen molar-refractivity contribution in [1.82, 2.24) is 15.2 Å². The van der Waals surface area contributed by atoms with Gasteiger partial charge in [0.2, 0.25) is 0 Å². The summed E-state index contributed by atoms with van der Waals surface area (Å²) >= 11 is 0. The van der Waals surface area contributed by atoms with Gasteiger partial charge in [0, 0.05) is 43.0 Å². The third-order valence-electron chi connectivity index (χ3n) is 8.17. The largest absolute Gasteiger partial charge is 0.375 e. The molecule has 2 aromatic rings. The Labute approximate surface area is 187 Å². The number of pyridine rings is 1. The van der Waals surface area contributed by atoms with Gasteiger partial charge in [-0.1, -0.05) is 43.2 Å². The van der Waals surface area contributed by atoms with Crippen LogP contribution in [0.15, 0.2) is 48.7 Å². The molecule has 0 bridgehead atoms. The first-order valence-electron chi connectivity index (χ1n) is 12.2. The topological polar surface area (TPSA) is 37.4 Å². The molecule has 1 aromatic heterocycles. The summed E-state index contributed by atoms with van der Waals surface area (Å²) < 4.78 is 6.40. The van der Waals surface area contributed by atoms with Crippen LogP contribution in [0.25, 0.3) is 0 Å². The van der Waals surface area contributed by atoms with Gasteiger partial charge in [0.05, 0.1) is 5.60 Å². The van der Waals surface area contributed by atoms with Gasteiger partial charge in [-0.3, -0.25) is 9.88 Å². The molecule has 1 saturated heterocycles. The number of likely N-dealkylation sites (N-methyl/N-ethyl adjacent to an activating group) is 1. The van der Waals surface area contributed by atoms with Gasteiger partial charge in [-0.2, -0.15) is 0 Å². The fourth-order valence-corrected chi connectivity index (χ4v) is 6.41. The lowest BCUT2D eigenvalue weighted by molar-refractivity contribution is -0.104. The lowest BCUT2D eigenvalue weighted by Gasteiger charge is -2.46. The minimum Gasteiger partial charge on any atom is -0.375 e. The Morgan fingerprint density at radius 1 is 1.10 bits per heavy atom. The molecule has 1 spiro atoms. The fraction of sp³-hybridized carbons (Fsp3) is 0.593. The van der Waals surface area contributed by atoms with E-state index in [0.29, 0.717) is 6.04 Å². The van der Waals surface area contributed by atoms with Crippen molar-refractivity contribution in [2.75, 3.05) is 33.3 Å². The van der Waals surface area contributed by atoms with E-state index >= 15 is 0 Å². The lowest BCUT2D eigenvalue weighted by Crippen LogP contribution is -2.48. The van der Waals surface area contributed by atoms with Crippen molar-refractivity contribution in [3.05, 3.63) is 65.5 Å². The Bertz CT molecular complexity index is 864. The van der Waals surface area contributed by atoms with Crippen LogP contribution in [0.4, 0.5) is 0 Å². The van der Waals surface area contributed by atoms with E-state index in [1.165, 1.54) is 42.5 Å².